The molecular formula is C17H18BrF2N. The van der Waals surface area contributed by atoms with Crippen molar-refractivity contribution in [2.24, 2.45) is 0 Å². The highest BCUT2D eigenvalue weighted by molar-refractivity contribution is 9.10. The van der Waals surface area contributed by atoms with Crippen molar-refractivity contribution in [1.29, 1.82) is 0 Å². The van der Waals surface area contributed by atoms with Crippen LogP contribution in [0, 0.1) is 18.6 Å². The summed E-state index contributed by atoms with van der Waals surface area (Å²) in [6, 6.07) is 10.3. The van der Waals surface area contributed by atoms with Crippen molar-refractivity contribution in [2.45, 2.75) is 26.3 Å². The molecule has 0 aliphatic heterocycles. The van der Waals surface area contributed by atoms with Crippen molar-refractivity contribution in [2.75, 3.05) is 6.54 Å². The van der Waals surface area contributed by atoms with Crippen molar-refractivity contribution in [3.8, 4) is 0 Å². The smallest absolute Gasteiger partial charge is 0.145 e. The van der Waals surface area contributed by atoms with Crippen LogP contribution in [-0.4, -0.2) is 6.54 Å². The van der Waals surface area contributed by atoms with Gasteiger partial charge in [0.05, 0.1) is 4.47 Å². The first kappa shape index (κ1) is 16.1. The lowest BCUT2D eigenvalue weighted by Gasteiger charge is -2.20. The maximum atomic E-state index is 14.3. The molecule has 2 aromatic carbocycles. The Labute approximate surface area is 132 Å². The van der Waals surface area contributed by atoms with E-state index in [-0.39, 0.29) is 10.0 Å². The van der Waals surface area contributed by atoms with E-state index >= 15 is 0 Å². The van der Waals surface area contributed by atoms with E-state index in [4.69, 9.17) is 0 Å². The van der Waals surface area contributed by atoms with Gasteiger partial charge in [0.15, 0.2) is 0 Å². The van der Waals surface area contributed by atoms with Gasteiger partial charge in [0.1, 0.15) is 11.6 Å². The third-order valence-electron chi connectivity index (χ3n) is 3.40. The topological polar surface area (TPSA) is 12.0 Å². The van der Waals surface area contributed by atoms with Gasteiger partial charge in [-0.3, -0.25) is 0 Å². The van der Waals surface area contributed by atoms with Gasteiger partial charge in [-0.25, -0.2) is 8.78 Å². The van der Waals surface area contributed by atoms with Gasteiger partial charge in [-0.1, -0.05) is 36.8 Å². The molecule has 0 heterocycles. The molecular weight excluding hydrogens is 336 g/mol. The standard InChI is InChI=1S/C17H18BrF2N/c1-3-21-15(10-12-6-4-5-11(2)9-12)16-14(19)8-7-13(18)17(16)20/h4-9,15,21H,3,10H2,1-2H3. The molecule has 0 fully saturated rings. The summed E-state index contributed by atoms with van der Waals surface area (Å²) in [5, 5.41) is 3.17. The Morgan fingerprint density at radius 1 is 1.19 bits per heavy atom. The first-order valence-corrected chi connectivity index (χ1v) is 7.74. The minimum Gasteiger partial charge on any atom is -0.310 e. The Hall–Kier alpha value is -1.26. The summed E-state index contributed by atoms with van der Waals surface area (Å²) in [4.78, 5) is 0. The molecule has 0 radical (unpaired) electrons. The first-order chi connectivity index (χ1) is 10.0. The second-order valence-electron chi connectivity index (χ2n) is 5.06. The molecule has 1 unspecified atom stereocenters. The molecule has 1 nitrogen and oxygen atoms in total. The third kappa shape index (κ3) is 3.89. The second-order valence-corrected chi connectivity index (χ2v) is 5.91. The van der Waals surface area contributed by atoms with Crippen molar-refractivity contribution in [1.82, 2.24) is 5.32 Å². The van der Waals surface area contributed by atoms with Gasteiger partial charge in [0.2, 0.25) is 0 Å². The van der Waals surface area contributed by atoms with Gasteiger partial charge >= 0.3 is 0 Å². The van der Waals surface area contributed by atoms with Gasteiger partial charge in [-0.05, 0) is 53.5 Å². The molecule has 0 saturated heterocycles. The molecule has 0 aliphatic carbocycles. The van der Waals surface area contributed by atoms with E-state index in [0.717, 1.165) is 11.1 Å². The first-order valence-electron chi connectivity index (χ1n) is 6.95. The summed E-state index contributed by atoms with van der Waals surface area (Å²) in [5.41, 5.74) is 2.28. The molecule has 4 heteroatoms. The number of aryl methyl sites for hydroxylation is 1. The average Bonchev–Trinajstić information content (AvgIpc) is 2.44. The maximum Gasteiger partial charge on any atom is 0.145 e. The van der Waals surface area contributed by atoms with Gasteiger partial charge in [-0.15, -0.1) is 0 Å². The van der Waals surface area contributed by atoms with Crippen LogP contribution in [-0.2, 0) is 6.42 Å². The van der Waals surface area contributed by atoms with Crippen molar-refractivity contribution in [3.05, 3.63) is 69.2 Å². The summed E-state index contributed by atoms with van der Waals surface area (Å²) in [7, 11) is 0. The normalized spacial score (nSPS) is 12.4. The van der Waals surface area contributed by atoms with E-state index in [1.165, 1.54) is 12.1 Å². The predicted octanol–water partition coefficient (Wildman–Crippen LogP) is 4.93. The molecule has 0 bridgehead atoms. The summed E-state index contributed by atoms with van der Waals surface area (Å²) in [6.45, 7) is 4.57. The number of likely N-dealkylation sites (N-methyl/N-ethyl adjacent to an activating group) is 1. The fourth-order valence-electron chi connectivity index (χ4n) is 2.46. The predicted molar refractivity (Wildman–Crippen MR) is 85.4 cm³/mol. The summed E-state index contributed by atoms with van der Waals surface area (Å²) >= 11 is 3.13. The molecule has 21 heavy (non-hydrogen) atoms. The maximum absolute atomic E-state index is 14.3. The van der Waals surface area contributed by atoms with E-state index in [9.17, 15) is 8.78 Å². The molecule has 2 aromatic rings. The van der Waals surface area contributed by atoms with E-state index in [2.05, 4.69) is 21.2 Å². The van der Waals surface area contributed by atoms with Crippen LogP contribution in [0.4, 0.5) is 8.78 Å². The lowest BCUT2D eigenvalue weighted by Crippen LogP contribution is -2.25. The molecule has 0 aromatic heterocycles. The number of halogens is 3. The minimum atomic E-state index is -0.534. The SMILES string of the molecule is CCNC(Cc1cccc(C)c1)c1c(F)ccc(Br)c1F. The fourth-order valence-corrected chi connectivity index (χ4v) is 2.81. The van der Waals surface area contributed by atoms with E-state index in [1.807, 2.05) is 38.1 Å². The zero-order chi connectivity index (χ0) is 15.4. The van der Waals surface area contributed by atoms with Gasteiger partial charge in [0.25, 0.3) is 0 Å². The highest BCUT2D eigenvalue weighted by Gasteiger charge is 2.21. The Kier molecular flexibility index (Phi) is 5.48. The van der Waals surface area contributed by atoms with Crippen LogP contribution >= 0.6 is 15.9 Å². The minimum absolute atomic E-state index is 0.0905. The summed E-state index contributed by atoms with van der Waals surface area (Å²) in [5.74, 6) is -1.05. The van der Waals surface area contributed by atoms with E-state index in [0.29, 0.717) is 13.0 Å². The lowest BCUT2D eigenvalue weighted by molar-refractivity contribution is 0.471. The molecule has 0 saturated carbocycles. The fraction of sp³-hybridized carbons (Fsp3) is 0.294. The zero-order valence-corrected chi connectivity index (χ0v) is 13.7. The van der Waals surface area contributed by atoms with Crippen LogP contribution in [0.3, 0.4) is 0 Å². The quantitative estimate of drug-likeness (QED) is 0.751. The zero-order valence-electron chi connectivity index (χ0n) is 12.1. The molecule has 0 amide bonds. The third-order valence-corrected chi connectivity index (χ3v) is 4.01. The van der Waals surface area contributed by atoms with E-state index in [1.54, 1.807) is 0 Å². The molecule has 112 valence electrons. The molecule has 1 N–H and O–H groups in total. The van der Waals surface area contributed by atoms with Gasteiger partial charge in [-0.2, -0.15) is 0 Å². The Morgan fingerprint density at radius 2 is 1.95 bits per heavy atom. The molecule has 2 rings (SSSR count). The number of nitrogens with one attached hydrogen (secondary N) is 1. The van der Waals surface area contributed by atoms with Crippen LogP contribution < -0.4 is 5.32 Å². The van der Waals surface area contributed by atoms with Crippen molar-refractivity contribution in [3.63, 3.8) is 0 Å². The molecule has 1 atom stereocenters. The number of hydrogen-bond acceptors (Lipinski definition) is 1. The van der Waals surface area contributed by atoms with Crippen LogP contribution in [0.15, 0.2) is 40.9 Å². The van der Waals surface area contributed by atoms with Crippen LogP contribution in [0.25, 0.3) is 0 Å². The average molecular weight is 354 g/mol. The number of hydrogen-bond donors (Lipinski definition) is 1. The van der Waals surface area contributed by atoms with Crippen molar-refractivity contribution < 1.29 is 8.78 Å². The van der Waals surface area contributed by atoms with Gasteiger partial charge in [0, 0.05) is 11.6 Å². The largest absolute Gasteiger partial charge is 0.310 e. The lowest BCUT2D eigenvalue weighted by atomic mass is 9.97. The highest BCUT2D eigenvalue weighted by atomic mass is 79.9. The number of benzene rings is 2. The van der Waals surface area contributed by atoms with Crippen LogP contribution in [0.1, 0.15) is 29.7 Å². The van der Waals surface area contributed by atoms with E-state index < -0.39 is 17.7 Å². The summed E-state index contributed by atoms with van der Waals surface area (Å²) < 4.78 is 28.7. The van der Waals surface area contributed by atoms with Crippen LogP contribution in [0.5, 0.6) is 0 Å². The number of rotatable bonds is 5. The Balaban J connectivity index is 2.38. The van der Waals surface area contributed by atoms with Crippen LogP contribution in [0.2, 0.25) is 0 Å². The highest BCUT2D eigenvalue weighted by Crippen LogP contribution is 2.29. The molecule has 0 aliphatic rings. The summed E-state index contributed by atoms with van der Waals surface area (Å²) in [6.07, 6.45) is 0.541. The Morgan fingerprint density at radius 3 is 2.62 bits per heavy atom. The second kappa shape index (κ2) is 7.14. The Bertz CT molecular complexity index is 628. The molecule has 0 spiro atoms. The van der Waals surface area contributed by atoms with Gasteiger partial charge < -0.3 is 5.32 Å². The van der Waals surface area contributed by atoms with Crippen molar-refractivity contribution >= 4 is 15.9 Å². The monoisotopic (exact) mass is 353 g/mol.